The molecule has 2 N–H and O–H groups in total. The first kappa shape index (κ1) is 13.4. The molecule has 0 aliphatic carbocycles. The third-order valence-corrected chi connectivity index (χ3v) is 3.59. The summed E-state index contributed by atoms with van der Waals surface area (Å²) < 4.78 is 1.78. The monoisotopic (exact) mass is 266 g/mol. The van der Waals surface area contributed by atoms with E-state index in [2.05, 4.69) is 10.4 Å². The van der Waals surface area contributed by atoms with E-state index in [0.29, 0.717) is 6.54 Å². The lowest BCUT2D eigenvalue weighted by molar-refractivity contribution is -0.146. The van der Waals surface area contributed by atoms with Crippen molar-refractivity contribution in [2.45, 2.75) is 20.4 Å². The van der Waals surface area contributed by atoms with Crippen molar-refractivity contribution in [2.24, 2.45) is 13.0 Å². The predicted molar refractivity (Wildman–Crippen MR) is 67.6 cm³/mol. The van der Waals surface area contributed by atoms with Gasteiger partial charge in [-0.15, -0.1) is 0 Å². The van der Waals surface area contributed by atoms with Crippen LogP contribution in [0.1, 0.15) is 17.0 Å². The zero-order valence-electron chi connectivity index (χ0n) is 11.3. The average molecular weight is 266 g/mol. The van der Waals surface area contributed by atoms with Crippen molar-refractivity contribution in [1.29, 1.82) is 0 Å². The van der Waals surface area contributed by atoms with Gasteiger partial charge in [0.1, 0.15) is 0 Å². The van der Waals surface area contributed by atoms with E-state index < -0.39 is 11.9 Å². The van der Waals surface area contributed by atoms with E-state index in [1.54, 1.807) is 4.68 Å². The van der Waals surface area contributed by atoms with Gasteiger partial charge in [0.2, 0.25) is 0 Å². The Balaban J connectivity index is 1.86. The van der Waals surface area contributed by atoms with Crippen molar-refractivity contribution in [3.63, 3.8) is 0 Å². The van der Waals surface area contributed by atoms with Gasteiger partial charge in [0, 0.05) is 37.9 Å². The Morgan fingerprint density at radius 3 is 2.53 bits per heavy atom. The minimum atomic E-state index is -0.844. The lowest BCUT2D eigenvalue weighted by Gasteiger charge is -2.36. The zero-order valence-corrected chi connectivity index (χ0v) is 11.3. The van der Waals surface area contributed by atoms with Gasteiger partial charge in [0.25, 0.3) is 0 Å². The topological polar surface area (TPSA) is 87.5 Å². The van der Waals surface area contributed by atoms with Crippen LogP contribution in [0.2, 0.25) is 0 Å². The molecule has 2 heterocycles. The second kappa shape index (κ2) is 4.91. The molecular formula is C12H18N4O3. The van der Waals surface area contributed by atoms with E-state index in [4.69, 9.17) is 5.11 Å². The molecule has 104 valence electrons. The van der Waals surface area contributed by atoms with Crippen LogP contribution in [0.5, 0.6) is 0 Å². The molecule has 1 fully saturated rings. The second-order valence-corrected chi connectivity index (χ2v) is 4.87. The van der Waals surface area contributed by atoms with E-state index >= 15 is 0 Å². The summed E-state index contributed by atoms with van der Waals surface area (Å²) in [6.07, 6.45) is 0. The summed E-state index contributed by atoms with van der Waals surface area (Å²) in [5.74, 6) is -1.27. The van der Waals surface area contributed by atoms with Gasteiger partial charge in [-0.05, 0) is 13.8 Å². The maximum absolute atomic E-state index is 11.8. The van der Waals surface area contributed by atoms with Crippen molar-refractivity contribution in [3.8, 4) is 0 Å². The van der Waals surface area contributed by atoms with Crippen LogP contribution < -0.4 is 5.32 Å². The molecule has 1 aromatic rings. The van der Waals surface area contributed by atoms with Crippen LogP contribution in [0.15, 0.2) is 0 Å². The standard InChI is InChI=1S/C12H18N4O3/c1-7-10(8(2)15(3)14-7)4-13-12(19)16-5-9(6-16)11(17)18/h9H,4-6H2,1-3H3,(H,13,19)(H,17,18). The molecule has 0 spiro atoms. The SMILES string of the molecule is Cc1nn(C)c(C)c1CNC(=O)N1CC(C(=O)O)C1. The molecule has 2 rings (SSSR count). The van der Waals surface area contributed by atoms with Gasteiger partial charge in [-0.25, -0.2) is 4.79 Å². The summed E-state index contributed by atoms with van der Waals surface area (Å²) in [6, 6.07) is -0.222. The molecule has 0 aromatic carbocycles. The summed E-state index contributed by atoms with van der Waals surface area (Å²) in [7, 11) is 1.86. The largest absolute Gasteiger partial charge is 0.481 e. The number of carbonyl (C=O) groups excluding carboxylic acids is 1. The number of aryl methyl sites for hydroxylation is 2. The van der Waals surface area contributed by atoms with E-state index in [9.17, 15) is 9.59 Å². The van der Waals surface area contributed by atoms with Crippen molar-refractivity contribution in [3.05, 3.63) is 17.0 Å². The molecule has 0 unspecified atom stereocenters. The molecule has 19 heavy (non-hydrogen) atoms. The molecule has 1 aromatic heterocycles. The number of likely N-dealkylation sites (tertiary alicyclic amines) is 1. The van der Waals surface area contributed by atoms with E-state index in [-0.39, 0.29) is 19.1 Å². The molecule has 1 saturated heterocycles. The third kappa shape index (κ3) is 2.54. The Hall–Kier alpha value is -2.05. The number of rotatable bonds is 3. The van der Waals surface area contributed by atoms with Crippen molar-refractivity contribution in [1.82, 2.24) is 20.0 Å². The van der Waals surface area contributed by atoms with Crippen LogP contribution in [0, 0.1) is 19.8 Å². The Bertz CT molecular complexity index is 517. The Labute approximate surface area is 111 Å². The summed E-state index contributed by atoms with van der Waals surface area (Å²) >= 11 is 0. The number of carboxylic acids is 1. The van der Waals surface area contributed by atoms with Gasteiger partial charge in [-0.2, -0.15) is 5.10 Å². The van der Waals surface area contributed by atoms with Crippen LogP contribution >= 0.6 is 0 Å². The van der Waals surface area contributed by atoms with Gasteiger partial charge in [0.05, 0.1) is 11.6 Å². The van der Waals surface area contributed by atoms with Crippen LogP contribution in [0.25, 0.3) is 0 Å². The fraction of sp³-hybridized carbons (Fsp3) is 0.583. The number of carboxylic acid groups (broad SMARTS) is 1. The normalized spacial score (nSPS) is 15.2. The fourth-order valence-corrected chi connectivity index (χ4v) is 2.15. The van der Waals surface area contributed by atoms with E-state index in [1.165, 1.54) is 4.90 Å². The summed E-state index contributed by atoms with van der Waals surface area (Å²) in [6.45, 7) is 4.83. The van der Waals surface area contributed by atoms with Crippen LogP contribution in [0.3, 0.4) is 0 Å². The number of nitrogens with one attached hydrogen (secondary N) is 1. The number of amides is 2. The number of hydrogen-bond donors (Lipinski definition) is 2. The van der Waals surface area contributed by atoms with Gasteiger partial charge < -0.3 is 15.3 Å². The number of aliphatic carboxylic acids is 1. The Morgan fingerprint density at radius 1 is 1.42 bits per heavy atom. The van der Waals surface area contributed by atoms with Crippen LogP contribution in [0.4, 0.5) is 4.79 Å². The van der Waals surface area contributed by atoms with E-state index in [0.717, 1.165) is 17.0 Å². The smallest absolute Gasteiger partial charge is 0.317 e. The number of nitrogens with zero attached hydrogens (tertiary/aromatic N) is 3. The van der Waals surface area contributed by atoms with Gasteiger partial charge in [-0.1, -0.05) is 0 Å². The first-order valence-corrected chi connectivity index (χ1v) is 6.14. The molecule has 1 aliphatic heterocycles. The highest BCUT2D eigenvalue weighted by Gasteiger charge is 2.35. The Kier molecular flexibility index (Phi) is 3.46. The first-order valence-electron chi connectivity index (χ1n) is 6.14. The highest BCUT2D eigenvalue weighted by atomic mass is 16.4. The maximum atomic E-state index is 11.8. The van der Waals surface area contributed by atoms with Crippen LogP contribution in [-0.4, -0.2) is 44.9 Å². The highest BCUT2D eigenvalue weighted by Crippen LogP contribution is 2.16. The maximum Gasteiger partial charge on any atom is 0.317 e. The van der Waals surface area contributed by atoms with Gasteiger partial charge in [0.15, 0.2) is 0 Å². The quantitative estimate of drug-likeness (QED) is 0.821. The second-order valence-electron chi connectivity index (χ2n) is 4.87. The van der Waals surface area contributed by atoms with Crippen molar-refractivity contribution >= 4 is 12.0 Å². The molecule has 7 nitrogen and oxygen atoms in total. The Morgan fingerprint density at radius 2 is 2.05 bits per heavy atom. The molecule has 1 aliphatic rings. The summed E-state index contributed by atoms with van der Waals surface area (Å²) in [5.41, 5.74) is 2.92. The number of aromatic nitrogens is 2. The number of hydrogen-bond acceptors (Lipinski definition) is 3. The van der Waals surface area contributed by atoms with Crippen molar-refractivity contribution in [2.75, 3.05) is 13.1 Å². The lowest BCUT2D eigenvalue weighted by Crippen LogP contribution is -2.56. The minimum absolute atomic E-state index is 0.222. The summed E-state index contributed by atoms with van der Waals surface area (Å²) in [5, 5.41) is 15.8. The van der Waals surface area contributed by atoms with Gasteiger partial charge in [-0.3, -0.25) is 9.48 Å². The first-order chi connectivity index (χ1) is 8.90. The fourth-order valence-electron chi connectivity index (χ4n) is 2.15. The highest BCUT2D eigenvalue weighted by molar-refractivity contribution is 5.79. The predicted octanol–water partition coefficient (Wildman–Crippen LogP) is 0.263. The van der Waals surface area contributed by atoms with Crippen molar-refractivity contribution < 1.29 is 14.7 Å². The average Bonchev–Trinajstić information content (AvgIpc) is 2.48. The van der Waals surface area contributed by atoms with Gasteiger partial charge >= 0.3 is 12.0 Å². The molecule has 0 bridgehead atoms. The lowest BCUT2D eigenvalue weighted by atomic mass is 10.0. The third-order valence-electron chi connectivity index (χ3n) is 3.59. The molecule has 0 radical (unpaired) electrons. The summed E-state index contributed by atoms with van der Waals surface area (Å²) in [4.78, 5) is 23.9. The number of carbonyl (C=O) groups is 2. The molecule has 0 saturated carbocycles. The molecule has 0 atom stereocenters. The molecular weight excluding hydrogens is 248 g/mol. The zero-order chi connectivity index (χ0) is 14.2. The molecule has 7 heteroatoms. The van der Waals surface area contributed by atoms with E-state index in [1.807, 2.05) is 20.9 Å². The number of urea groups is 1. The minimum Gasteiger partial charge on any atom is -0.481 e. The van der Waals surface area contributed by atoms with Crippen LogP contribution in [-0.2, 0) is 18.4 Å². The molecule has 2 amide bonds.